The topological polar surface area (TPSA) is 62.3 Å². The molecule has 2 heterocycles. The number of para-hydroxylation sites is 1. The van der Waals surface area contributed by atoms with Gasteiger partial charge in [-0.2, -0.15) is 9.97 Å². The highest BCUT2D eigenvalue weighted by atomic mass is 35.5. The molecule has 2 aliphatic rings. The van der Waals surface area contributed by atoms with Crippen molar-refractivity contribution in [3.63, 3.8) is 0 Å². The van der Waals surface area contributed by atoms with Crippen LogP contribution in [0.5, 0.6) is 11.6 Å². The van der Waals surface area contributed by atoms with Gasteiger partial charge in [0.1, 0.15) is 11.6 Å². The lowest BCUT2D eigenvalue weighted by molar-refractivity contribution is 0.435. The number of hydrogen-bond acceptors (Lipinski definition) is 5. The van der Waals surface area contributed by atoms with Gasteiger partial charge in [0.25, 0.3) is 0 Å². The Morgan fingerprint density at radius 3 is 2.54 bits per heavy atom. The third kappa shape index (κ3) is 6.33. The van der Waals surface area contributed by atoms with Crippen molar-refractivity contribution in [2.24, 2.45) is 0 Å². The van der Waals surface area contributed by atoms with Crippen molar-refractivity contribution in [2.75, 3.05) is 23.3 Å². The van der Waals surface area contributed by atoms with Gasteiger partial charge in [-0.15, -0.1) is 0 Å². The fourth-order valence-electron chi connectivity index (χ4n) is 5.53. The van der Waals surface area contributed by atoms with Crippen LogP contribution in [-0.4, -0.2) is 34.2 Å². The number of aromatic nitrogens is 2. The molecule has 1 aliphatic carbocycles. The number of rotatable bonds is 7. The van der Waals surface area contributed by atoms with Crippen molar-refractivity contribution in [3.8, 4) is 11.6 Å². The second-order valence-electron chi connectivity index (χ2n) is 10.1. The van der Waals surface area contributed by atoms with E-state index in [-0.39, 0.29) is 5.41 Å². The minimum absolute atomic E-state index is 0.0455. The van der Waals surface area contributed by atoms with Crippen molar-refractivity contribution in [1.29, 1.82) is 0 Å². The fraction of sp³-hybridized carbons (Fsp3) is 0.414. The molecule has 194 valence electrons. The van der Waals surface area contributed by atoms with Crippen LogP contribution in [0.1, 0.15) is 57.4 Å². The van der Waals surface area contributed by atoms with Gasteiger partial charge >= 0.3 is 0 Å². The molecule has 0 amide bonds. The lowest BCUT2D eigenvalue weighted by atomic mass is 9.79. The first-order valence-corrected chi connectivity index (χ1v) is 14.0. The zero-order valence-corrected chi connectivity index (χ0v) is 22.8. The Morgan fingerprint density at radius 1 is 1.05 bits per heavy atom. The number of hydrogen-bond donors (Lipinski definition) is 2. The Hall–Kier alpha value is -2.90. The Balaban J connectivity index is 1.33. The molecule has 1 saturated heterocycles. The number of halogens is 1. The van der Waals surface area contributed by atoms with E-state index in [1.807, 2.05) is 48.5 Å². The standard InChI is InChI=1S/C29H34ClN5OS/c1-21-9-5-8-18-35(21)25-19-26(36-24-10-3-2-4-11-24)33-27(32-25)34-28(37)31-20-29(16-6-7-17-29)22-12-14-23(30)15-13-22/h2-4,10-15,19,21H,5-9,16-18,20H2,1H3,(H2,31,32,33,34,37)/t21-/m0/s1. The molecule has 5 rings (SSSR count). The summed E-state index contributed by atoms with van der Waals surface area (Å²) in [5, 5.41) is 7.96. The molecule has 2 fully saturated rings. The first-order valence-electron chi connectivity index (χ1n) is 13.2. The minimum Gasteiger partial charge on any atom is -0.439 e. The van der Waals surface area contributed by atoms with E-state index in [2.05, 4.69) is 39.6 Å². The Morgan fingerprint density at radius 2 is 1.81 bits per heavy atom. The summed E-state index contributed by atoms with van der Waals surface area (Å²) >= 11 is 11.9. The Labute approximate surface area is 229 Å². The quantitative estimate of drug-likeness (QED) is 0.313. The molecule has 2 N–H and O–H groups in total. The van der Waals surface area contributed by atoms with Gasteiger partial charge in [-0.25, -0.2) is 0 Å². The Bertz CT molecular complexity index is 1200. The van der Waals surface area contributed by atoms with Crippen molar-refractivity contribution in [3.05, 3.63) is 71.2 Å². The fourth-order valence-corrected chi connectivity index (χ4v) is 5.82. The second-order valence-corrected chi connectivity index (χ2v) is 11.0. The highest BCUT2D eigenvalue weighted by molar-refractivity contribution is 7.80. The average Bonchev–Trinajstić information content (AvgIpc) is 3.39. The number of piperidine rings is 1. The van der Waals surface area contributed by atoms with Crippen molar-refractivity contribution >= 4 is 40.7 Å². The van der Waals surface area contributed by atoms with E-state index < -0.39 is 0 Å². The van der Waals surface area contributed by atoms with Crippen LogP contribution in [0.25, 0.3) is 0 Å². The predicted octanol–water partition coefficient (Wildman–Crippen LogP) is 7.10. The summed E-state index contributed by atoms with van der Waals surface area (Å²) in [7, 11) is 0. The van der Waals surface area contributed by atoms with Gasteiger partial charge in [-0.1, -0.05) is 54.8 Å². The zero-order valence-electron chi connectivity index (χ0n) is 21.3. The first kappa shape index (κ1) is 25.7. The summed E-state index contributed by atoms with van der Waals surface area (Å²) in [6.07, 6.45) is 8.21. The van der Waals surface area contributed by atoms with E-state index in [4.69, 9.17) is 33.5 Å². The number of nitrogens with one attached hydrogen (secondary N) is 2. The van der Waals surface area contributed by atoms with Crippen molar-refractivity contribution in [1.82, 2.24) is 15.3 Å². The number of anilines is 2. The molecule has 0 bridgehead atoms. The van der Waals surface area contributed by atoms with E-state index in [0.717, 1.165) is 55.4 Å². The monoisotopic (exact) mass is 535 g/mol. The van der Waals surface area contributed by atoms with E-state index in [9.17, 15) is 0 Å². The molecule has 1 aromatic heterocycles. The van der Waals surface area contributed by atoms with Crippen LogP contribution >= 0.6 is 23.8 Å². The molecule has 1 aliphatic heterocycles. The van der Waals surface area contributed by atoms with Gasteiger partial charge in [0.15, 0.2) is 5.11 Å². The molecular formula is C29H34ClN5OS. The molecule has 0 unspecified atom stereocenters. The highest BCUT2D eigenvalue weighted by Gasteiger charge is 2.35. The molecule has 6 nitrogen and oxygen atoms in total. The van der Waals surface area contributed by atoms with Gasteiger partial charge < -0.3 is 20.3 Å². The van der Waals surface area contributed by atoms with E-state index >= 15 is 0 Å². The van der Waals surface area contributed by atoms with Crippen LogP contribution in [-0.2, 0) is 5.41 Å². The van der Waals surface area contributed by atoms with Crippen LogP contribution in [0.3, 0.4) is 0 Å². The number of thiocarbonyl (C=S) groups is 1. The van der Waals surface area contributed by atoms with E-state index in [1.54, 1.807) is 0 Å². The van der Waals surface area contributed by atoms with Gasteiger partial charge in [-0.3, -0.25) is 0 Å². The molecular weight excluding hydrogens is 502 g/mol. The Kier molecular flexibility index (Phi) is 8.11. The van der Waals surface area contributed by atoms with Crippen LogP contribution < -0.4 is 20.3 Å². The van der Waals surface area contributed by atoms with Crippen LogP contribution in [0.2, 0.25) is 5.02 Å². The molecule has 0 spiro atoms. The van der Waals surface area contributed by atoms with E-state index in [1.165, 1.54) is 24.8 Å². The summed E-state index contributed by atoms with van der Waals surface area (Å²) in [6, 6.07) is 20.3. The van der Waals surface area contributed by atoms with Gasteiger partial charge in [0, 0.05) is 35.6 Å². The van der Waals surface area contributed by atoms with Crippen molar-refractivity contribution < 1.29 is 4.74 Å². The molecule has 37 heavy (non-hydrogen) atoms. The SMILES string of the molecule is C[C@H]1CCCCN1c1cc(Oc2ccccc2)nc(NC(=S)NCC2(c3ccc(Cl)cc3)CCCC2)n1. The molecule has 1 saturated carbocycles. The van der Waals surface area contributed by atoms with Gasteiger partial charge in [0.05, 0.1) is 0 Å². The predicted molar refractivity (Wildman–Crippen MR) is 155 cm³/mol. The second kappa shape index (κ2) is 11.7. The third-order valence-electron chi connectivity index (χ3n) is 7.58. The average molecular weight is 536 g/mol. The molecule has 1 atom stereocenters. The highest BCUT2D eigenvalue weighted by Crippen LogP contribution is 2.41. The zero-order chi connectivity index (χ0) is 25.7. The largest absolute Gasteiger partial charge is 0.439 e. The molecule has 2 aromatic carbocycles. The summed E-state index contributed by atoms with van der Waals surface area (Å²) < 4.78 is 6.10. The van der Waals surface area contributed by atoms with E-state index in [0.29, 0.717) is 23.0 Å². The normalized spacial score (nSPS) is 18.9. The first-order chi connectivity index (χ1) is 18.0. The number of benzene rings is 2. The molecule has 3 aromatic rings. The smallest absolute Gasteiger partial charge is 0.234 e. The maximum atomic E-state index is 6.15. The van der Waals surface area contributed by atoms with Crippen LogP contribution in [0.4, 0.5) is 11.8 Å². The lowest BCUT2D eigenvalue weighted by Gasteiger charge is -2.34. The van der Waals surface area contributed by atoms with Gasteiger partial charge in [0.2, 0.25) is 11.8 Å². The maximum absolute atomic E-state index is 6.15. The third-order valence-corrected chi connectivity index (χ3v) is 8.08. The summed E-state index contributed by atoms with van der Waals surface area (Å²) in [6.45, 7) is 3.96. The van der Waals surface area contributed by atoms with Crippen LogP contribution in [0, 0.1) is 0 Å². The number of nitrogens with zero attached hydrogens (tertiary/aromatic N) is 3. The minimum atomic E-state index is 0.0455. The lowest BCUT2D eigenvalue weighted by Crippen LogP contribution is -2.41. The van der Waals surface area contributed by atoms with Crippen molar-refractivity contribution in [2.45, 2.75) is 63.3 Å². The summed E-state index contributed by atoms with van der Waals surface area (Å²) in [5.74, 6) is 2.52. The maximum Gasteiger partial charge on any atom is 0.234 e. The van der Waals surface area contributed by atoms with Crippen LogP contribution in [0.15, 0.2) is 60.7 Å². The summed E-state index contributed by atoms with van der Waals surface area (Å²) in [4.78, 5) is 11.8. The van der Waals surface area contributed by atoms with Gasteiger partial charge in [-0.05, 0) is 81.1 Å². The number of ether oxygens (including phenoxy) is 1. The molecule has 0 radical (unpaired) electrons. The summed E-state index contributed by atoms with van der Waals surface area (Å²) in [5.41, 5.74) is 1.35. The molecule has 8 heteroatoms.